The fourth-order valence-corrected chi connectivity index (χ4v) is 4.57. The van der Waals surface area contributed by atoms with Crippen molar-refractivity contribution in [3.05, 3.63) is 0 Å². The summed E-state index contributed by atoms with van der Waals surface area (Å²) in [4.78, 5) is 0. The first-order chi connectivity index (χ1) is 12.8. The Labute approximate surface area is 174 Å². The van der Waals surface area contributed by atoms with Crippen molar-refractivity contribution in [1.29, 1.82) is 0 Å². The van der Waals surface area contributed by atoms with Crippen LogP contribution in [0.2, 0.25) is 0 Å². The molecule has 0 radical (unpaired) electrons. The number of rotatable bonds is 0. The predicted molar refractivity (Wildman–Crippen MR) is 109 cm³/mol. The van der Waals surface area contributed by atoms with Gasteiger partial charge in [-0.25, -0.2) is 0 Å². The molecule has 0 bridgehead atoms. The summed E-state index contributed by atoms with van der Waals surface area (Å²) >= 11 is 0.00694. The molecule has 4 atom stereocenters. The van der Waals surface area contributed by atoms with E-state index in [0.29, 0.717) is 24.2 Å². The molecule has 3 unspecified atom stereocenters. The Morgan fingerprint density at radius 2 is 0.769 bits per heavy atom. The molecule has 5 nitrogen and oxygen atoms in total. The maximum absolute atomic E-state index is 4.80. The van der Waals surface area contributed by atoms with Crippen molar-refractivity contribution in [2.75, 3.05) is 39.3 Å². The second-order valence-corrected chi connectivity index (χ2v) is 9.57. The Balaban J connectivity index is 0.000000758. The van der Waals surface area contributed by atoms with Crippen molar-refractivity contribution in [3.63, 3.8) is 0 Å². The molecule has 0 aromatic heterocycles. The Kier molecular flexibility index (Phi) is 13.2. The van der Waals surface area contributed by atoms with Gasteiger partial charge in [-0.2, -0.15) is 0 Å². The van der Waals surface area contributed by atoms with Crippen LogP contribution in [-0.4, -0.2) is 63.4 Å². The van der Waals surface area contributed by atoms with Gasteiger partial charge in [-0.1, -0.05) is 25.7 Å². The molecule has 0 aromatic rings. The van der Waals surface area contributed by atoms with Crippen LogP contribution in [0.1, 0.15) is 51.4 Å². The first-order valence-corrected chi connectivity index (χ1v) is 13.6. The zero-order chi connectivity index (χ0) is 18.5. The van der Waals surface area contributed by atoms with Crippen LogP contribution in [0.3, 0.4) is 0 Å². The molecule has 1 saturated heterocycles. The molecule has 1 heterocycles. The van der Waals surface area contributed by atoms with Gasteiger partial charge in [0.25, 0.3) is 0 Å². The number of fused-ring (bicyclic) bond motifs is 2. The number of hydrogen-bond donors (Lipinski definition) is 5. The molecule has 2 aliphatic carbocycles. The molecule has 26 heavy (non-hydrogen) atoms. The van der Waals surface area contributed by atoms with Crippen molar-refractivity contribution in [1.82, 2.24) is 26.6 Å². The van der Waals surface area contributed by atoms with Crippen LogP contribution in [0.4, 0.5) is 0 Å². The predicted octanol–water partition coefficient (Wildman–Crippen LogP) is 1.95. The van der Waals surface area contributed by atoms with E-state index >= 15 is 0 Å². The van der Waals surface area contributed by atoms with E-state index in [1.807, 2.05) is 0 Å². The van der Waals surface area contributed by atoms with Crippen LogP contribution in [-0.2, 0) is 13.1 Å². The summed E-state index contributed by atoms with van der Waals surface area (Å²) in [5.74, 6) is 0. The summed E-state index contributed by atoms with van der Waals surface area (Å²) in [6, 6.07) is 2.65. The van der Waals surface area contributed by atoms with Gasteiger partial charge in [0.05, 0.1) is 0 Å². The molecule has 0 aromatic carbocycles. The molecule has 3 aliphatic rings. The van der Waals surface area contributed by atoms with Crippen molar-refractivity contribution in [2.24, 2.45) is 0 Å². The van der Waals surface area contributed by atoms with Gasteiger partial charge in [0.2, 0.25) is 0 Å². The first kappa shape index (κ1) is 23.2. The molecular formula is C18H37Cl2MnN5. The van der Waals surface area contributed by atoms with Crippen molar-refractivity contribution < 1.29 is 13.1 Å². The number of nitrogens with one attached hydrogen (secondary N) is 5. The Bertz CT molecular complexity index is 324. The van der Waals surface area contributed by atoms with E-state index in [1.165, 1.54) is 51.4 Å². The van der Waals surface area contributed by atoms with Gasteiger partial charge in [-0.15, -0.1) is 0 Å². The van der Waals surface area contributed by atoms with Gasteiger partial charge >= 0.3 is 33.3 Å². The molecule has 2 saturated carbocycles. The zero-order valence-corrected chi connectivity index (χ0v) is 18.5. The van der Waals surface area contributed by atoms with Crippen LogP contribution >= 0.6 is 20.2 Å². The van der Waals surface area contributed by atoms with Gasteiger partial charge < -0.3 is 26.6 Å². The van der Waals surface area contributed by atoms with Crippen molar-refractivity contribution >= 4 is 20.2 Å². The Morgan fingerprint density at radius 1 is 0.500 bits per heavy atom. The van der Waals surface area contributed by atoms with Crippen LogP contribution in [0.5, 0.6) is 0 Å². The average Bonchev–Trinajstić information content (AvgIpc) is 2.67. The minimum atomic E-state index is 0.00694. The number of halogens is 2. The van der Waals surface area contributed by atoms with Gasteiger partial charge in [0.1, 0.15) is 0 Å². The third-order valence-electron chi connectivity index (χ3n) is 5.89. The Morgan fingerprint density at radius 3 is 1.08 bits per heavy atom. The van der Waals surface area contributed by atoms with Gasteiger partial charge in [0.15, 0.2) is 0 Å². The second-order valence-electron chi connectivity index (χ2n) is 7.62. The second kappa shape index (κ2) is 14.8. The molecular weight excluding hydrogens is 412 g/mol. The van der Waals surface area contributed by atoms with Crippen LogP contribution in [0.15, 0.2) is 0 Å². The summed E-state index contributed by atoms with van der Waals surface area (Å²) < 4.78 is 0. The summed E-state index contributed by atoms with van der Waals surface area (Å²) in [5.41, 5.74) is 0. The molecule has 0 spiro atoms. The average molecular weight is 449 g/mol. The van der Waals surface area contributed by atoms with E-state index in [-0.39, 0.29) is 13.1 Å². The maximum atomic E-state index is 4.80. The molecule has 0 amide bonds. The van der Waals surface area contributed by atoms with E-state index in [4.69, 9.17) is 20.2 Å². The van der Waals surface area contributed by atoms with E-state index < -0.39 is 0 Å². The van der Waals surface area contributed by atoms with E-state index in [9.17, 15) is 0 Å². The van der Waals surface area contributed by atoms with E-state index in [0.717, 1.165) is 39.3 Å². The molecule has 3 rings (SSSR count). The molecule has 155 valence electrons. The van der Waals surface area contributed by atoms with Crippen molar-refractivity contribution in [3.8, 4) is 0 Å². The summed E-state index contributed by atoms with van der Waals surface area (Å²) in [5, 5.41) is 18.8. The first-order valence-electron chi connectivity index (χ1n) is 10.4. The van der Waals surface area contributed by atoms with Gasteiger partial charge in [-0.05, 0) is 25.7 Å². The van der Waals surface area contributed by atoms with E-state index in [1.54, 1.807) is 0 Å². The Hall–Kier alpha value is 0.899. The standard InChI is InChI=1S/C18H37N5.2ClH.Mn/c1-3-7-17-15(5-1)20-11-9-19-10-12-21-16-6-2-4-8-18(16)23-14-13-22-17;;;/h15-23H,1-14H2;2*1H;/q;;;+2/p-2/t15-,16?,17?,18?;;;/m1.../s1. The van der Waals surface area contributed by atoms with Crippen molar-refractivity contribution in [2.45, 2.75) is 75.5 Å². The third kappa shape index (κ3) is 8.93. The molecule has 1 aliphatic heterocycles. The van der Waals surface area contributed by atoms with Crippen LogP contribution in [0.25, 0.3) is 0 Å². The fraction of sp³-hybridized carbons (Fsp3) is 1.00. The fourth-order valence-electron chi connectivity index (χ4n) is 4.57. The summed E-state index contributed by atoms with van der Waals surface area (Å²) in [7, 11) is 9.59. The third-order valence-corrected chi connectivity index (χ3v) is 5.89. The zero-order valence-electron chi connectivity index (χ0n) is 15.8. The van der Waals surface area contributed by atoms with E-state index in [2.05, 4.69) is 26.6 Å². The van der Waals surface area contributed by atoms with Gasteiger partial charge in [0, 0.05) is 63.4 Å². The monoisotopic (exact) mass is 448 g/mol. The minimum absolute atomic E-state index is 0.00694. The summed E-state index contributed by atoms with van der Waals surface area (Å²) in [6.07, 6.45) is 10.9. The number of hydrogen-bond acceptors (Lipinski definition) is 5. The van der Waals surface area contributed by atoms with Gasteiger partial charge in [-0.3, -0.25) is 0 Å². The SMILES string of the molecule is C1CCC2NCCNC3CCCC[C@H]3NCCNCCNC2C1.[Cl][Mn][Cl]. The molecule has 8 heteroatoms. The van der Waals surface area contributed by atoms with Crippen LogP contribution < -0.4 is 26.6 Å². The quantitative estimate of drug-likeness (QED) is 0.366. The van der Waals surface area contributed by atoms with Crippen LogP contribution in [0, 0.1) is 0 Å². The summed E-state index contributed by atoms with van der Waals surface area (Å²) in [6.45, 7) is 6.55. The normalized spacial score (nSPS) is 34.8. The molecule has 5 N–H and O–H groups in total. The molecule has 3 fully saturated rings. The topological polar surface area (TPSA) is 60.1 Å².